The lowest BCUT2D eigenvalue weighted by atomic mass is 10.2. The van der Waals surface area contributed by atoms with E-state index in [0.29, 0.717) is 11.3 Å². The first kappa shape index (κ1) is 21.3. The summed E-state index contributed by atoms with van der Waals surface area (Å²) in [5, 5.41) is 2.79. The molecule has 0 atom stereocenters. The lowest BCUT2D eigenvalue weighted by Crippen LogP contribution is -2.38. The molecule has 0 spiro atoms. The van der Waals surface area contributed by atoms with Crippen LogP contribution in [0.2, 0.25) is 0 Å². The molecule has 0 saturated heterocycles. The summed E-state index contributed by atoms with van der Waals surface area (Å²) < 4.78 is 33.3. The summed E-state index contributed by atoms with van der Waals surface area (Å²) in [5.41, 5.74) is -0.750. The number of aromatic nitrogens is 2. The topological polar surface area (TPSA) is 143 Å². The van der Waals surface area contributed by atoms with Crippen LogP contribution in [0.15, 0.2) is 85.8 Å². The molecule has 4 rings (SSSR count). The number of carbonyl (C=O) groups excluding carboxylic acids is 1. The first-order chi connectivity index (χ1) is 15.3. The number of nitrogens with one attached hydrogen (secondary N) is 3. The van der Waals surface area contributed by atoms with Gasteiger partial charge in [-0.1, -0.05) is 18.2 Å². The van der Waals surface area contributed by atoms with Crippen LogP contribution in [0.3, 0.4) is 0 Å². The molecule has 3 N–H and O–H groups in total. The normalized spacial score (nSPS) is 11.5. The second kappa shape index (κ2) is 8.65. The summed E-state index contributed by atoms with van der Waals surface area (Å²) in [4.78, 5) is 39.7. The smallest absolute Gasteiger partial charge is 0.329 e. The maximum Gasteiger partial charge on any atom is 0.329 e. The fraction of sp³-hybridized carbons (Fsp3) is 0.0952. The third-order valence-electron chi connectivity index (χ3n) is 4.64. The lowest BCUT2D eigenvalue weighted by molar-refractivity contribution is -0.116. The average Bonchev–Trinajstić information content (AvgIpc) is 3.29. The maximum absolute atomic E-state index is 12.6. The number of sulfonamides is 1. The largest absolute Gasteiger partial charge is 0.468 e. The highest BCUT2D eigenvalue weighted by Gasteiger charge is 2.16. The summed E-state index contributed by atoms with van der Waals surface area (Å²) in [6, 6.07) is 15.4. The molecule has 2 aromatic heterocycles. The number of aromatic amines is 1. The van der Waals surface area contributed by atoms with Gasteiger partial charge in [0.15, 0.2) is 0 Å². The molecule has 0 radical (unpaired) electrons. The van der Waals surface area contributed by atoms with Crippen LogP contribution in [0.5, 0.6) is 0 Å². The van der Waals surface area contributed by atoms with Crippen LogP contribution < -0.4 is 21.3 Å². The molecule has 4 aromatic rings. The van der Waals surface area contributed by atoms with Crippen molar-refractivity contribution in [3.8, 4) is 0 Å². The third kappa shape index (κ3) is 4.53. The van der Waals surface area contributed by atoms with E-state index in [-0.39, 0.29) is 22.5 Å². The van der Waals surface area contributed by atoms with Crippen LogP contribution in [0.1, 0.15) is 5.76 Å². The first-order valence-electron chi connectivity index (χ1n) is 9.47. The minimum atomic E-state index is -3.86. The highest BCUT2D eigenvalue weighted by molar-refractivity contribution is 7.89. The summed E-state index contributed by atoms with van der Waals surface area (Å²) in [6.07, 6.45) is 1.44. The van der Waals surface area contributed by atoms with Crippen LogP contribution in [0.4, 0.5) is 5.69 Å². The molecule has 2 aromatic carbocycles. The molecule has 1 amide bonds. The van der Waals surface area contributed by atoms with Gasteiger partial charge in [-0.25, -0.2) is 17.9 Å². The van der Waals surface area contributed by atoms with Gasteiger partial charge >= 0.3 is 5.69 Å². The highest BCUT2D eigenvalue weighted by atomic mass is 32.2. The summed E-state index contributed by atoms with van der Waals surface area (Å²) in [5.74, 6) is -0.213. The predicted octanol–water partition coefficient (Wildman–Crippen LogP) is 1.40. The van der Waals surface area contributed by atoms with Crippen molar-refractivity contribution in [1.29, 1.82) is 0 Å². The summed E-state index contributed by atoms with van der Waals surface area (Å²) >= 11 is 0. The number of hydrogen-bond donors (Lipinski definition) is 3. The Morgan fingerprint density at radius 1 is 1.03 bits per heavy atom. The van der Waals surface area contributed by atoms with Gasteiger partial charge < -0.3 is 14.7 Å². The fourth-order valence-corrected chi connectivity index (χ4v) is 4.13. The number of anilines is 1. The number of amides is 1. The van der Waals surface area contributed by atoms with Gasteiger partial charge in [-0.05, 0) is 42.5 Å². The Morgan fingerprint density at radius 2 is 1.84 bits per heavy atom. The molecule has 0 unspecified atom stereocenters. The van der Waals surface area contributed by atoms with E-state index in [4.69, 9.17) is 4.42 Å². The Bertz CT molecular complexity index is 1500. The zero-order chi connectivity index (χ0) is 22.7. The van der Waals surface area contributed by atoms with Crippen molar-refractivity contribution in [3.05, 3.63) is 93.5 Å². The van der Waals surface area contributed by atoms with Crippen molar-refractivity contribution in [2.75, 3.05) is 5.32 Å². The number of benzene rings is 2. The van der Waals surface area contributed by atoms with Gasteiger partial charge in [0.05, 0.1) is 28.6 Å². The minimum absolute atomic E-state index is 0.0282. The lowest BCUT2D eigenvalue weighted by Gasteiger charge is -2.10. The number of fused-ring (bicyclic) bond motifs is 1. The SMILES string of the molecule is O=C(Cn1c(=O)[nH]c2ccccc2c1=O)Nc1cccc(S(=O)(=O)NCc2ccco2)c1. The number of H-pyrrole nitrogens is 1. The minimum Gasteiger partial charge on any atom is -0.468 e. The molecular formula is C21H18N4O6S. The van der Waals surface area contributed by atoms with Crippen LogP contribution in [0.25, 0.3) is 10.9 Å². The van der Waals surface area contributed by atoms with Gasteiger partial charge in [-0.3, -0.25) is 14.2 Å². The second-order valence-corrected chi connectivity index (χ2v) is 8.61. The third-order valence-corrected chi connectivity index (χ3v) is 6.03. The standard InChI is InChI=1S/C21H18N4O6S/c26-19(13-25-20(27)17-8-1-2-9-18(17)24-21(25)28)23-14-5-3-7-16(11-14)32(29,30)22-12-15-6-4-10-31-15/h1-11,22H,12-13H2,(H,23,26)(H,24,28). The van der Waals surface area contributed by atoms with Gasteiger partial charge in [0.25, 0.3) is 5.56 Å². The van der Waals surface area contributed by atoms with Crippen LogP contribution in [0, 0.1) is 0 Å². The molecule has 2 heterocycles. The Hall–Kier alpha value is -3.96. The number of hydrogen-bond acceptors (Lipinski definition) is 6. The van der Waals surface area contributed by atoms with Crippen molar-refractivity contribution < 1.29 is 17.6 Å². The summed E-state index contributed by atoms with van der Waals surface area (Å²) in [7, 11) is -3.86. The Kier molecular flexibility index (Phi) is 5.75. The van der Waals surface area contributed by atoms with E-state index in [1.165, 1.54) is 30.5 Å². The molecule has 10 nitrogen and oxygen atoms in total. The molecule has 0 bridgehead atoms. The van der Waals surface area contributed by atoms with Crippen molar-refractivity contribution in [2.24, 2.45) is 0 Å². The predicted molar refractivity (Wildman–Crippen MR) is 117 cm³/mol. The molecule has 11 heteroatoms. The fourth-order valence-electron chi connectivity index (χ4n) is 3.09. The number of rotatable bonds is 7. The molecule has 0 fully saturated rings. The second-order valence-electron chi connectivity index (χ2n) is 6.85. The average molecular weight is 454 g/mol. The number of para-hydroxylation sites is 1. The molecule has 164 valence electrons. The van der Waals surface area contributed by atoms with Gasteiger partial charge in [0.2, 0.25) is 15.9 Å². The molecule has 32 heavy (non-hydrogen) atoms. The number of nitrogens with zero attached hydrogens (tertiary/aromatic N) is 1. The van der Waals surface area contributed by atoms with Crippen LogP contribution in [-0.4, -0.2) is 23.9 Å². The van der Waals surface area contributed by atoms with E-state index >= 15 is 0 Å². The van der Waals surface area contributed by atoms with Gasteiger partial charge in [-0.2, -0.15) is 0 Å². The van der Waals surface area contributed by atoms with E-state index < -0.39 is 33.7 Å². The Balaban J connectivity index is 1.50. The van der Waals surface area contributed by atoms with Crippen molar-refractivity contribution >= 4 is 32.5 Å². The van der Waals surface area contributed by atoms with E-state index in [2.05, 4.69) is 15.0 Å². The van der Waals surface area contributed by atoms with Crippen molar-refractivity contribution in [3.63, 3.8) is 0 Å². The van der Waals surface area contributed by atoms with Gasteiger partial charge in [0, 0.05) is 5.69 Å². The van der Waals surface area contributed by atoms with Crippen molar-refractivity contribution in [2.45, 2.75) is 18.0 Å². The van der Waals surface area contributed by atoms with E-state index in [1.54, 1.807) is 36.4 Å². The van der Waals surface area contributed by atoms with Crippen LogP contribution in [-0.2, 0) is 27.9 Å². The van der Waals surface area contributed by atoms with E-state index in [1.807, 2.05) is 0 Å². The number of furan rings is 1. The maximum atomic E-state index is 12.6. The molecule has 0 saturated carbocycles. The van der Waals surface area contributed by atoms with Gasteiger partial charge in [0.1, 0.15) is 12.3 Å². The Labute approximate surface area is 181 Å². The Morgan fingerprint density at radius 3 is 2.62 bits per heavy atom. The monoisotopic (exact) mass is 454 g/mol. The first-order valence-corrected chi connectivity index (χ1v) is 11.0. The highest BCUT2D eigenvalue weighted by Crippen LogP contribution is 2.16. The molecular weight excluding hydrogens is 436 g/mol. The number of carbonyl (C=O) groups is 1. The zero-order valence-corrected chi connectivity index (χ0v) is 17.4. The quantitative estimate of drug-likeness (QED) is 0.385. The van der Waals surface area contributed by atoms with Gasteiger partial charge in [-0.15, -0.1) is 0 Å². The van der Waals surface area contributed by atoms with E-state index in [9.17, 15) is 22.8 Å². The molecule has 0 aliphatic rings. The molecule has 0 aliphatic carbocycles. The van der Waals surface area contributed by atoms with E-state index in [0.717, 1.165) is 4.57 Å². The summed E-state index contributed by atoms with van der Waals surface area (Å²) in [6.45, 7) is -0.563. The zero-order valence-electron chi connectivity index (χ0n) is 16.6. The molecule has 0 aliphatic heterocycles. The van der Waals surface area contributed by atoms with Crippen LogP contribution >= 0.6 is 0 Å². The van der Waals surface area contributed by atoms with Crippen molar-refractivity contribution in [1.82, 2.24) is 14.3 Å².